The molecule has 5 heteroatoms. The van der Waals surface area contributed by atoms with Gasteiger partial charge >= 0.3 is 0 Å². The molecule has 0 saturated carbocycles. The Bertz CT molecular complexity index is 573. The van der Waals surface area contributed by atoms with Crippen LogP contribution in [0.4, 0.5) is 8.78 Å². The van der Waals surface area contributed by atoms with Gasteiger partial charge in [-0.25, -0.2) is 8.78 Å². The van der Waals surface area contributed by atoms with Crippen LogP contribution in [0, 0.1) is 18.8 Å². The molecule has 0 aromatic heterocycles. The van der Waals surface area contributed by atoms with Crippen LogP contribution in [-0.4, -0.2) is 5.78 Å². The predicted octanol–water partition coefficient (Wildman–Crippen LogP) is 4.41. The lowest BCUT2D eigenvalue weighted by Crippen LogP contribution is -2.06. The van der Waals surface area contributed by atoms with Crippen molar-refractivity contribution in [3.63, 3.8) is 0 Å². The Labute approximate surface area is 130 Å². The highest BCUT2D eigenvalue weighted by Gasteiger charge is 2.16. The van der Waals surface area contributed by atoms with E-state index in [4.69, 9.17) is 0 Å². The minimum atomic E-state index is -0.384. The van der Waals surface area contributed by atoms with Gasteiger partial charge in [-0.1, -0.05) is 0 Å². The molecule has 0 N–H and O–H groups in total. The van der Waals surface area contributed by atoms with Gasteiger partial charge in [-0.05, 0) is 81.6 Å². The average molecular weight is 470 g/mol. The molecule has 1 nitrogen and oxygen atoms in total. The molecule has 2 rings (SSSR count). The molecule has 0 radical (unpaired) electrons. The number of rotatable bonds is 2. The molecule has 0 aliphatic carbocycles. The van der Waals surface area contributed by atoms with Crippen molar-refractivity contribution >= 4 is 51.0 Å². The van der Waals surface area contributed by atoms with Crippen LogP contribution in [0.15, 0.2) is 36.4 Å². The monoisotopic (exact) mass is 470 g/mol. The van der Waals surface area contributed by atoms with Crippen molar-refractivity contribution < 1.29 is 13.6 Å². The van der Waals surface area contributed by atoms with Gasteiger partial charge in [0.15, 0.2) is 5.78 Å². The predicted molar refractivity (Wildman–Crippen MR) is 81.7 cm³/mol. The molecule has 0 heterocycles. The van der Waals surface area contributed by atoms with Gasteiger partial charge in [0.1, 0.15) is 11.6 Å². The second-order valence-corrected chi connectivity index (χ2v) is 5.90. The first kappa shape index (κ1) is 13.9. The van der Waals surface area contributed by atoms with Gasteiger partial charge in [0.25, 0.3) is 0 Å². The summed E-state index contributed by atoms with van der Waals surface area (Å²) in [5.74, 6) is -1.00. The standard InChI is InChI=1S/C13H6F2I2O/c14-7-1-3-9(11(16)5-7)13(18)10-4-2-8(15)6-12(10)17/h1-6H. The summed E-state index contributed by atoms with van der Waals surface area (Å²) in [6.45, 7) is 0. The highest BCUT2D eigenvalue weighted by Crippen LogP contribution is 2.21. The number of hydrogen-bond donors (Lipinski definition) is 0. The fourth-order valence-electron chi connectivity index (χ4n) is 1.49. The van der Waals surface area contributed by atoms with Crippen LogP contribution >= 0.6 is 45.2 Å². The van der Waals surface area contributed by atoms with E-state index in [1.54, 1.807) is 0 Å². The number of carbonyl (C=O) groups excluding carboxylic acids is 1. The lowest BCUT2D eigenvalue weighted by atomic mass is 10.0. The molecule has 0 fully saturated rings. The molecule has 2 aromatic carbocycles. The summed E-state index contributed by atoms with van der Waals surface area (Å²) in [6, 6.07) is 7.96. The zero-order chi connectivity index (χ0) is 13.3. The number of halogens is 4. The number of carbonyl (C=O) groups is 1. The van der Waals surface area contributed by atoms with E-state index in [0.717, 1.165) is 0 Å². The molecule has 0 bridgehead atoms. The van der Waals surface area contributed by atoms with Crippen molar-refractivity contribution in [2.45, 2.75) is 0 Å². The van der Waals surface area contributed by atoms with Gasteiger partial charge in [-0.2, -0.15) is 0 Å². The Morgan fingerprint density at radius 2 is 1.22 bits per heavy atom. The number of benzene rings is 2. The van der Waals surface area contributed by atoms with Gasteiger partial charge in [0.2, 0.25) is 0 Å². The van der Waals surface area contributed by atoms with Crippen LogP contribution in [-0.2, 0) is 0 Å². The van der Waals surface area contributed by atoms with Crippen molar-refractivity contribution in [2.75, 3.05) is 0 Å². The fourth-order valence-corrected chi connectivity index (χ4v) is 2.94. The van der Waals surface area contributed by atoms with Crippen LogP contribution in [0.3, 0.4) is 0 Å². The van der Waals surface area contributed by atoms with Crippen LogP contribution in [0.5, 0.6) is 0 Å². The maximum Gasteiger partial charge on any atom is 0.195 e. The molecule has 0 saturated heterocycles. The summed E-state index contributed by atoms with van der Waals surface area (Å²) < 4.78 is 27.0. The summed E-state index contributed by atoms with van der Waals surface area (Å²) >= 11 is 3.82. The van der Waals surface area contributed by atoms with E-state index in [9.17, 15) is 13.6 Å². The van der Waals surface area contributed by atoms with Crippen molar-refractivity contribution in [1.29, 1.82) is 0 Å². The minimum absolute atomic E-state index is 0.233. The van der Waals surface area contributed by atoms with Crippen molar-refractivity contribution in [3.8, 4) is 0 Å². The fraction of sp³-hybridized carbons (Fsp3) is 0. The van der Waals surface area contributed by atoms with Gasteiger partial charge in [-0.3, -0.25) is 4.79 Å². The van der Waals surface area contributed by atoms with Crippen LogP contribution in [0.1, 0.15) is 15.9 Å². The van der Waals surface area contributed by atoms with E-state index in [1.807, 2.05) is 45.2 Å². The first-order chi connectivity index (χ1) is 8.49. The summed E-state index contributed by atoms with van der Waals surface area (Å²) in [4.78, 5) is 12.3. The van der Waals surface area contributed by atoms with E-state index in [-0.39, 0.29) is 17.4 Å². The molecular weight excluding hydrogens is 464 g/mol. The van der Waals surface area contributed by atoms with E-state index < -0.39 is 0 Å². The number of ketones is 1. The Morgan fingerprint density at radius 1 is 0.833 bits per heavy atom. The lowest BCUT2D eigenvalue weighted by molar-refractivity contribution is 0.103. The van der Waals surface area contributed by atoms with Crippen LogP contribution < -0.4 is 0 Å². The van der Waals surface area contributed by atoms with Crippen molar-refractivity contribution in [1.82, 2.24) is 0 Å². The summed E-state index contributed by atoms with van der Waals surface area (Å²) in [5.41, 5.74) is 0.836. The van der Waals surface area contributed by atoms with E-state index in [1.165, 1.54) is 36.4 Å². The highest BCUT2D eigenvalue weighted by molar-refractivity contribution is 14.1. The Balaban J connectivity index is 2.48. The zero-order valence-corrected chi connectivity index (χ0v) is 13.2. The molecule has 0 atom stereocenters. The van der Waals surface area contributed by atoms with Gasteiger partial charge in [-0.15, -0.1) is 0 Å². The second-order valence-electron chi connectivity index (χ2n) is 3.58. The average Bonchev–Trinajstić information content (AvgIpc) is 2.28. The summed E-state index contributed by atoms with van der Waals surface area (Å²) in [6.07, 6.45) is 0. The number of hydrogen-bond acceptors (Lipinski definition) is 1. The SMILES string of the molecule is O=C(c1ccc(F)cc1I)c1ccc(F)cc1I. The van der Waals surface area contributed by atoms with E-state index >= 15 is 0 Å². The second kappa shape index (κ2) is 5.60. The maximum absolute atomic E-state index is 13.0. The van der Waals surface area contributed by atoms with E-state index in [0.29, 0.717) is 18.3 Å². The van der Waals surface area contributed by atoms with Crippen molar-refractivity contribution in [3.05, 3.63) is 66.3 Å². The zero-order valence-electron chi connectivity index (χ0n) is 8.88. The quantitative estimate of drug-likeness (QED) is 0.470. The third kappa shape index (κ3) is 2.87. The third-order valence-corrected chi connectivity index (χ3v) is 4.14. The molecule has 2 aromatic rings. The smallest absolute Gasteiger partial charge is 0.195 e. The first-order valence-electron chi connectivity index (χ1n) is 4.94. The Kier molecular flexibility index (Phi) is 4.31. The largest absolute Gasteiger partial charge is 0.289 e. The molecule has 0 spiro atoms. The highest BCUT2D eigenvalue weighted by atomic mass is 127. The maximum atomic E-state index is 13.0. The molecule has 0 unspecified atom stereocenters. The first-order valence-corrected chi connectivity index (χ1v) is 7.09. The summed E-state index contributed by atoms with van der Waals surface area (Å²) in [5, 5.41) is 0. The van der Waals surface area contributed by atoms with Gasteiger partial charge < -0.3 is 0 Å². The lowest BCUT2D eigenvalue weighted by Gasteiger charge is -2.06. The topological polar surface area (TPSA) is 17.1 Å². The third-order valence-electron chi connectivity index (χ3n) is 2.35. The molecule has 0 aliphatic heterocycles. The van der Waals surface area contributed by atoms with Gasteiger partial charge in [0.05, 0.1) is 0 Å². The Hall–Kier alpha value is -0.570. The molecule has 92 valence electrons. The van der Waals surface area contributed by atoms with E-state index in [2.05, 4.69) is 0 Å². The molecule has 0 amide bonds. The van der Waals surface area contributed by atoms with Gasteiger partial charge in [0, 0.05) is 18.3 Å². The van der Waals surface area contributed by atoms with Crippen molar-refractivity contribution in [2.24, 2.45) is 0 Å². The van der Waals surface area contributed by atoms with Crippen LogP contribution in [0.2, 0.25) is 0 Å². The summed E-state index contributed by atoms with van der Waals surface area (Å²) in [7, 11) is 0. The normalized spacial score (nSPS) is 10.4. The molecule has 0 aliphatic rings. The molecule has 18 heavy (non-hydrogen) atoms. The minimum Gasteiger partial charge on any atom is -0.289 e. The Morgan fingerprint density at radius 3 is 1.56 bits per heavy atom. The molecular formula is C13H6F2I2O. The van der Waals surface area contributed by atoms with Crippen LogP contribution in [0.25, 0.3) is 0 Å².